The van der Waals surface area contributed by atoms with Crippen LogP contribution in [0.5, 0.6) is 0 Å². The van der Waals surface area contributed by atoms with Crippen molar-refractivity contribution in [1.29, 1.82) is 0 Å². The first-order valence-electron chi connectivity index (χ1n) is 6.60. The van der Waals surface area contributed by atoms with E-state index in [0.29, 0.717) is 6.61 Å². The van der Waals surface area contributed by atoms with Gasteiger partial charge in [0.05, 0.1) is 12.6 Å². The molecule has 1 N–H and O–H groups in total. The van der Waals surface area contributed by atoms with Gasteiger partial charge in [-0.15, -0.1) is 0 Å². The molecule has 1 heterocycles. The van der Waals surface area contributed by atoms with Gasteiger partial charge in [0.15, 0.2) is 0 Å². The molecule has 3 nitrogen and oxygen atoms in total. The van der Waals surface area contributed by atoms with E-state index in [2.05, 4.69) is 31.3 Å². The van der Waals surface area contributed by atoms with Crippen LogP contribution in [0.4, 0.5) is 0 Å². The van der Waals surface area contributed by atoms with Gasteiger partial charge in [0, 0.05) is 0 Å². The van der Waals surface area contributed by atoms with Gasteiger partial charge in [-0.3, -0.25) is 0 Å². The molecule has 0 fully saturated rings. The molecule has 1 aromatic heterocycles. The molecule has 0 bridgehead atoms. The molecule has 2 rings (SSSR count). The summed E-state index contributed by atoms with van der Waals surface area (Å²) in [4.78, 5) is 0. The molecule has 102 valence electrons. The van der Waals surface area contributed by atoms with Crippen molar-refractivity contribution in [2.45, 2.75) is 33.1 Å². The molecule has 0 amide bonds. The normalized spacial score (nSPS) is 12.6. The number of benzene rings is 1. The second-order valence-corrected chi connectivity index (χ2v) is 4.71. The van der Waals surface area contributed by atoms with Crippen LogP contribution in [0.3, 0.4) is 0 Å². The van der Waals surface area contributed by atoms with E-state index in [9.17, 15) is 0 Å². The highest BCUT2D eigenvalue weighted by Gasteiger charge is 2.10. The van der Waals surface area contributed by atoms with Gasteiger partial charge in [0.25, 0.3) is 0 Å². The van der Waals surface area contributed by atoms with Gasteiger partial charge in [-0.25, -0.2) is 0 Å². The first kappa shape index (κ1) is 13.8. The fourth-order valence-electron chi connectivity index (χ4n) is 2.02. The monoisotopic (exact) mass is 259 g/mol. The van der Waals surface area contributed by atoms with E-state index in [1.54, 1.807) is 0 Å². The summed E-state index contributed by atoms with van der Waals surface area (Å²) in [6.07, 6.45) is 0.0688. The summed E-state index contributed by atoms with van der Waals surface area (Å²) in [6, 6.07) is 12.3. The molecule has 0 aliphatic heterocycles. The lowest BCUT2D eigenvalue weighted by atomic mass is 10.1. The van der Waals surface area contributed by atoms with Crippen LogP contribution in [0.2, 0.25) is 0 Å². The number of hydrogen-bond donors (Lipinski definition) is 1. The predicted octanol–water partition coefficient (Wildman–Crippen LogP) is 3.59. The summed E-state index contributed by atoms with van der Waals surface area (Å²) in [5, 5.41) is 3.09. The molecule has 0 aliphatic carbocycles. The quantitative estimate of drug-likeness (QED) is 0.861. The van der Waals surface area contributed by atoms with Crippen LogP contribution in [-0.2, 0) is 17.9 Å². The van der Waals surface area contributed by atoms with Crippen molar-refractivity contribution >= 4 is 0 Å². The Morgan fingerprint density at radius 2 is 2.00 bits per heavy atom. The van der Waals surface area contributed by atoms with Gasteiger partial charge < -0.3 is 14.5 Å². The average Bonchev–Trinajstić information content (AvgIpc) is 2.78. The van der Waals surface area contributed by atoms with Crippen LogP contribution in [0.25, 0.3) is 0 Å². The summed E-state index contributed by atoms with van der Waals surface area (Å²) >= 11 is 0. The first-order chi connectivity index (χ1) is 9.20. The smallest absolute Gasteiger partial charge is 0.130 e. The Hall–Kier alpha value is -1.58. The largest absolute Gasteiger partial charge is 0.462 e. The van der Waals surface area contributed by atoms with Crippen LogP contribution in [-0.4, -0.2) is 7.05 Å². The first-order valence-corrected chi connectivity index (χ1v) is 6.60. The van der Waals surface area contributed by atoms with Crippen molar-refractivity contribution in [3.8, 4) is 0 Å². The number of aryl methyl sites for hydroxylation is 1. The highest BCUT2D eigenvalue weighted by molar-refractivity contribution is 5.20. The van der Waals surface area contributed by atoms with Crippen LogP contribution < -0.4 is 5.32 Å². The molecule has 0 spiro atoms. The second-order valence-electron chi connectivity index (χ2n) is 4.71. The van der Waals surface area contributed by atoms with Gasteiger partial charge in [0.2, 0.25) is 0 Å². The van der Waals surface area contributed by atoms with Crippen molar-refractivity contribution < 1.29 is 9.15 Å². The number of ether oxygens (including phenoxy) is 1. The minimum Gasteiger partial charge on any atom is -0.462 e. The number of furan rings is 1. The van der Waals surface area contributed by atoms with Gasteiger partial charge in [0.1, 0.15) is 18.1 Å². The standard InChI is InChI=1S/C16H21NO2/c1-12-9-15(19-16(12)10-17-3)11-18-13(2)14-7-5-4-6-8-14/h4-9,13,17H,10-11H2,1-3H3. The Bertz CT molecular complexity index is 505. The zero-order valence-corrected chi connectivity index (χ0v) is 11.8. The van der Waals surface area contributed by atoms with Gasteiger partial charge in [-0.1, -0.05) is 30.3 Å². The maximum atomic E-state index is 5.85. The average molecular weight is 259 g/mol. The fraction of sp³-hybridized carbons (Fsp3) is 0.375. The lowest BCUT2D eigenvalue weighted by molar-refractivity contribution is 0.0414. The summed E-state index contributed by atoms with van der Waals surface area (Å²) < 4.78 is 11.6. The van der Waals surface area contributed by atoms with E-state index in [4.69, 9.17) is 9.15 Å². The van der Waals surface area contributed by atoms with Crippen LogP contribution in [0.1, 0.15) is 35.7 Å². The van der Waals surface area contributed by atoms with Crippen LogP contribution >= 0.6 is 0 Å². The van der Waals surface area contributed by atoms with E-state index >= 15 is 0 Å². The minimum absolute atomic E-state index is 0.0688. The molecular formula is C16H21NO2. The molecule has 3 heteroatoms. The summed E-state index contributed by atoms with van der Waals surface area (Å²) in [5.41, 5.74) is 2.35. The van der Waals surface area contributed by atoms with Crippen LogP contribution in [0, 0.1) is 6.92 Å². The Morgan fingerprint density at radius 3 is 2.68 bits per heavy atom. The van der Waals surface area contributed by atoms with E-state index in [-0.39, 0.29) is 6.10 Å². The Labute approximate surface area is 114 Å². The molecule has 1 unspecified atom stereocenters. The molecule has 1 aromatic carbocycles. The SMILES string of the molecule is CNCc1oc(COC(C)c2ccccc2)cc1C. The van der Waals surface area contributed by atoms with Crippen molar-refractivity contribution in [2.24, 2.45) is 0 Å². The number of rotatable bonds is 6. The summed E-state index contributed by atoms with van der Waals surface area (Å²) in [6.45, 7) is 5.36. The van der Waals surface area contributed by atoms with E-state index in [1.165, 1.54) is 11.1 Å². The number of hydrogen-bond acceptors (Lipinski definition) is 3. The van der Waals surface area contributed by atoms with E-state index in [0.717, 1.165) is 18.1 Å². The third-order valence-electron chi connectivity index (χ3n) is 3.15. The third-order valence-corrected chi connectivity index (χ3v) is 3.15. The minimum atomic E-state index is 0.0688. The van der Waals surface area contributed by atoms with E-state index in [1.807, 2.05) is 31.3 Å². The van der Waals surface area contributed by atoms with Gasteiger partial charge >= 0.3 is 0 Å². The Balaban J connectivity index is 1.93. The molecule has 1 atom stereocenters. The Kier molecular flexibility index (Phi) is 4.77. The van der Waals surface area contributed by atoms with E-state index < -0.39 is 0 Å². The van der Waals surface area contributed by atoms with Crippen molar-refractivity contribution in [3.05, 3.63) is 59.0 Å². The van der Waals surface area contributed by atoms with Gasteiger partial charge in [-0.2, -0.15) is 0 Å². The highest BCUT2D eigenvalue weighted by Crippen LogP contribution is 2.20. The topological polar surface area (TPSA) is 34.4 Å². The molecule has 0 radical (unpaired) electrons. The second kappa shape index (κ2) is 6.55. The predicted molar refractivity (Wildman–Crippen MR) is 75.9 cm³/mol. The maximum Gasteiger partial charge on any atom is 0.130 e. The molecule has 0 aliphatic rings. The fourth-order valence-corrected chi connectivity index (χ4v) is 2.02. The lowest BCUT2D eigenvalue weighted by Crippen LogP contribution is -2.04. The van der Waals surface area contributed by atoms with Crippen LogP contribution in [0.15, 0.2) is 40.8 Å². The van der Waals surface area contributed by atoms with Crippen molar-refractivity contribution in [2.75, 3.05) is 7.05 Å². The van der Waals surface area contributed by atoms with Crippen molar-refractivity contribution in [3.63, 3.8) is 0 Å². The highest BCUT2D eigenvalue weighted by atomic mass is 16.5. The Morgan fingerprint density at radius 1 is 1.26 bits per heavy atom. The maximum absolute atomic E-state index is 5.85. The zero-order chi connectivity index (χ0) is 13.7. The number of nitrogens with one attached hydrogen (secondary N) is 1. The summed E-state index contributed by atoms with van der Waals surface area (Å²) in [5.74, 6) is 1.86. The van der Waals surface area contributed by atoms with Crippen molar-refractivity contribution in [1.82, 2.24) is 5.32 Å². The van der Waals surface area contributed by atoms with Gasteiger partial charge in [-0.05, 0) is 38.1 Å². The molecular weight excluding hydrogens is 238 g/mol. The summed E-state index contributed by atoms with van der Waals surface area (Å²) in [7, 11) is 1.91. The molecule has 0 saturated heterocycles. The lowest BCUT2D eigenvalue weighted by Gasteiger charge is -2.12. The molecule has 0 saturated carbocycles. The molecule has 2 aromatic rings. The third kappa shape index (κ3) is 3.69. The zero-order valence-electron chi connectivity index (χ0n) is 11.8. The molecule has 19 heavy (non-hydrogen) atoms.